The average Bonchev–Trinajstić information content (AvgIpc) is 3.30. The third-order valence-electron chi connectivity index (χ3n) is 4.18. The minimum atomic E-state index is -3.27. The maximum absolute atomic E-state index is 12.1. The first-order valence-electron chi connectivity index (χ1n) is 8.00. The highest BCUT2D eigenvalue weighted by molar-refractivity contribution is 7.92. The quantitative estimate of drug-likeness (QED) is 0.747. The zero-order valence-electron chi connectivity index (χ0n) is 13.1. The lowest BCUT2D eigenvalue weighted by molar-refractivity contribution is 0.595. The predicted molar refractivity (Wildman–Crippen MR) is 93.2 cm³/mol. The van der Waals surface area contributed by atoms with Crippen LogP contribution in [0.25, 0.3) is 17.0 Å². The Labute approximate surface area is 140 Å². The number of imidazole rings is 1. The minimum Gasteiger partial charge on any atom is -0.291 e. The first-order chi connectivity index (χ1) is 11.6. The van der Waals surface area contributed by atoms with Crippen LogP contribution in [0.15, 0.2) is 48.9 Å². The number of aromatic nitrogens is 3. The number of rotatable bonds is 6. The van der Waals surface area contributed by atoms with Crippen molar-refractivity contribution in [3.05, 3.63) is 48.9 Å². The summed E-state index contributed by atoms with van der Waals surface area (Å²) in [6, 6.07) is 9.10. The van der Waals surface area contributed by atoms with Gasteiger partial charge in [0.25, 0.3) is 0 Å². The summed E-state index contributed by atoms with van der Waals surface area (Å²) in [5.74, 6) is 1.43. The van der Waals surface area contributed by atoms with Crippen LogP contribution in [0.1, 0.15) is 19.3 Å². The van der Waals surface area contributed by atoms with Crippen LogP contribution < -0.4 is 4.72 Å². The normalized spacial score (nSPS) is 14.8. The van der Waals surface area contributed by atoms with Gasteiger partial charge >= 0.3 is 0 Å². The molecule has 4 rings (SSSR count). The van der Waals surface area contributed by atoms with Gasteiger partial charge in [0, 0.05) is 29.8 Å². The van der Waals surface area contributed by atoms with Crippen molar-refractivity contribution in [3.8, 4) is 11.3 Å². The van der Waals surface area contributed by atoms with Crippen LogP contribution in [0.3, 0.4) is 0 Å². The average molecular weight is 342 g/mol. The largest absolute Gasteiger partial charge is 0.291 e. The van der Waals surface area contributed by atoms with Crippen molar-refractivity contribution < 1.29 is 8.42 Å². The van der Waals surface area contributed by atoms with Crippen molar-refractivity contribution >= 4 is 21.5 Å². The Kier molecular flexibility index (Phi) is 3.72. The van der Waals surface area contributed by atoms with Crippen LogP contribution in [0.2, 0.25) is 0 Å². The molecule has 0 aliphatic heterocycles. The summed E-state index contributed by atoms with van der Waals surface area (Å²) < 4.78 is 28.6. The standard InChI is InChI=1S/C17H18N4O2S/c22-24(23,11-8-13-2-3-13)20-15-6-4-14(5-7-15)16-12-21-10-1-9-18-17(21)19-16/h1,4-7,9-10,12-13,20H,2-3,8,11H2. The van der Waals surface area contributed by atoms with Gasteiger partial charge in [0.2, 0.25) is 15.8 Å². The Hall–Kier alpha value is -2.41. The highest BCUT2D eigenvalue weighted by atomic mass is 32.2. The molecule has 0 amide bonds. The molecular weight excluding hydrogens is 324 g/mol. The van der Waals surface area contributed by atoms with E-state index in [4.69, 9.17) is 0 Å². The van der Waals surface area contributed by atoms with Gasteiger partial charge in [-0.3, -0.25) is 9.12 Å². The van der Waals surface area contributed by atoms with E-state index >= 15 is 0 Å². The van der Waals surface area contributed by atoms with E-state index < -0.39 is 10.0 Å². The molecule has 6 nitrogen and oxygen atoms in total. The summed E-state index contributed by atoms with van der Waals surface area (Å²) in [5.41, 5.74) is 2.30. The van der Waals surface area contributed by atoms with Gasteiger partial charge < -0.3 is 0 Å². The third-order valence-corrected chi connectivity index (χ3v) is 5.50. The summed E-state index contributed by atoms with van der Waals surface area (Å²) >= 11 is 0. The zero-order chi connectivity index (χ0) is 16.6. The minimum absolute atomic E-state index is 0.192. The molecule has 3 aromatic rings. The zero-order valence-corrected chi connectivity index (χ0v) is 13.9. The smallest absolute Gasteiger partial charge is 0.234 e. The third kappa shape index (κ3) is 3.41. The van der Waals surface area contributed by atoms with Crippen molar-refractivity contribution in [1.82, 2.24) is 14.4 Å². The molecule has 7 heteroatoms. The maximum Gasteiger partial charge on any atom is 0.234 e. The van der Waals surface area contributed by atoms with Crippen LogP contribution in [0.4, 0.5) is 5.69 Å². The molecule has 0 atom stereocenters. The number of benzene rings is 1. The highest BCUT2D eigenvalue weighted by Gasteiger charge is 2.23. The summed E-state index contributed by atoms with van der Waals surface area (Å²) in [5, 5.41) is 0. The molecule has 1 N–H and O–H groups in total. The molecule has 1 aromatic carbocycles. The molecule has 0 saturated heterocycles. The van der Waals surface area contributed by atoms with E-state index in [1.165, 1.54) is 0 Å². The van der Waals surface area contributed by atoms with E-state index in [2.05, 4.69) is 14.7 Å². The van der Waals surface area contributed by atoms with Gasteiger partial charge in [-0.2, -0.15) is 0 Å². The lowest BCUT2D eigenvalue weighted by Gasteiger charge is -2.08. The summed E-state index contributed by atoms with van der Waals surface area (Å²) in [6.07, 6.45) is 8.57. The Morgan fingerprint density at radius 2 is 2.00 bits per heavy atom. The van der Waals surface area contributed by atoms with Crippen molar-refractivity contribution in [2.45, 2.75) is 19.3 Å². The number of sulfonamides is 1. The first kappa shape index (κ1) is 15.1. The fourth-order valence-corrected chi connectivity index (χ4v) is 3.88. The molecule has 1 aliphatic carbocycles. The van der Waals surface area contributed by atoms with Gasteiger partial charge in [-0.15, -0.1) is 0 Å². The monoisotopic (exact) mass is 342 g/mol. The molecule has 1 aliphatic rings. The Balaban J connectivity index is 1.49. The van der Waals surface area contributed by atoms with E-state index in [9.17, 15) is 8.42 Å². The van der Waals surface area contributed by atoms with Gasteiger partial charge in [0.15, 0.2) is 0 Å². The van der Waals surface area contributed by atoms with E-state index in [0.717, 1.165) is 30.5 Å². The molecule has 1 fully saturated rings. The lowest BCUT2D eigenvalue weighted by atomic mass is 10.1. The second-order valence-electron chi connectivity index (χ2n) is 6.18. The van der Waals surface area contributed by atoms with Gasteiger partial charge in [-0.1, -0.05) is 25.0 Å². The Morgan fingerprint density at radius 3 is 2.71 bits per heavy atom. The summed E-state index contributed by atoms with van der Waals surface area (Å²) in [6.45, 7) is 0. The summed E-state index contributed by atoms with van der Waals surface area (Å²) in [4.78, 5) is 8.65. The number of hydrogen-bond donors (Lipinski definition) is 1. The van der Waals surface area contributed by atoms with Crippen LogP contribution in [-0.4, -0.2) is 28.5 Å². The molecular formula is C17H18N4O2S. The fourth-order valence-electron chi connectivity index (χ4n) is 2.64. The van der Waals surface area contributed by atoms with Gasteiger partial charge in [-0.25, -0.2) is 18.4 Å². The van der Waals surface area contributed by atoms with Crippen molar-refractivity contribution in [1.29, 1.82) is 0 Å². The van der Waals surface area contributed by atoms with Gasteiger partial charge in [0.1, 0.15) is 0 Å². The van der Waals surface area contributed by atoms with Gasteiger partial charge in [0.05, 0.1) is 11.4 Å². The second-order valence-corrected chi connectivity index (χ2v) is 8.03. The molecule has 1 saturated carbocycles. The number of nitrogens with zero attached hydrogens (tertiary/aromatic N) is 3. The lowest BCUT2D eigenvalue weighted by Crippen LogP contribution is -2.17. The Morgan fingerprint density at radius 1 is 1.21 bits per heavy atom. The topological polar surface area (TPSA) is 76.4 Å². The maximum atomic E-state index is 12.1. The van der Waals surface area contributed by atoms with Gasteiger partial charge in [-0.05, 0) is 30.5 Å². The van der Waals surface area contributed by atoms with Crippen molar-refractivity contribution in [2.75, 3.05) is 10.5 Å². The molecule has 0 radical (unpaired) electrons. The van der Waals surface area contributed by atoms with Crippen LogP contribution in [0.5, 0.6) is 0 Å². The predicted octanol–water partition coefficient (Wildman–Crippen LogP) is 2.94. The molecule has 0 bridgehead atoms. The molecule has 2 heterocycles. The van der Waals surface area contributed by atoms with E-state index in [1.807, 2.05) is 35.0 Å². The number of anilines is 1. The molecule has 124 valence electrons. The van der Waals surface area contributed by atoms with Crippen molar-refractivity contribution in [2.24, 2.45) is 5.92 Å². The molecule has 24 heavy (non-hydrogen) atoms. The van der Waals surface area contributed by atoms with Crippen LogP contribution in [-0.2, 0) is 10.0 Å². The fraction of sp³-hybridized carbons (Fsp3) is 0.294. The molecule has 0 spiro atoms. The first-order valence-corrected chi connectivity index (χ1v) is 9.65. The SMILES string of the molecule is O=S(=O)(CCC1CC1)Nc1ccc(-c2cn3cccnc3n2)cc1. The summed E-state index contributed by atoms with van der Waals surface area (Å²) in [7, 11) is -3.27. The molecule has 0 unspecified atom stereocenters. The number of nitrogens with one attached hydrogen (secondary N) is 1. The Bertz CT molecular complexity index is 927. The second kappa shape index (κ2) is 5.90. The number of hydrogen-bond acceptors (Lipinski definition) is 4. The van der Waals surface area contributed by atoms with E-state index in [0.29, 0.717) is 17.4 Å². The van der Waals surface area contributed by atoms with Crippen molar-refractivity contribution in [3.63, 3.8) is 0 Å². The van der Waals surface area contributed by atoms with Crippen LogP contribution in [0, 0.1) is 5.92 Å². The molecule has 2 aromatic heterocycles. The van der Waals surface area contributed by atoms with E-state index in [-0.39, 0.29) is 5.75 Å². The number of fused-ring (bicyclic) bond motifs is 1. The highest BCUT2D eigenvalue weighted by Crippen LogP contribution is 2.32. The van der Waals surface area contributed by atoms with Crippen LogP contribution >= 0.6 is 0 Å². The van der Waals surface area contributed by atoms with E-state index in [1.54, 1.807) is 18.3 Å².